The van der Waals surface area contributed by atoms with E-state index in [2.05, 4.69) is 9.13 Å². The third-order valence-electron chi connectivity index (χ3n) is 6.87. The molecule has 0 saturated heterocycles. The Kier molecular flexibility index (Phi) is 16.9. The Morgan fingerprint density at radius 2 is 1.43 bits per heavy atom. The molecule has 0 aliphatic rings. The minimum atomic E-state index is -6.00. The van der Waals surface area contributed by atoms with Gasteiger partial charge in [0.2, 0.25) is 0 Å². The number of likely N-dealkylation sites (N-methyl/N-ethyl adjacent to an activating group) is 1. The number of rotatable bonds is 15. The van der Waals surface area contributed by atoms with Crippen LogP contribution >= 0.6 is 0 Å². The van der Waals surface area contributed by atoms with Crippen molar-refractivity contribution < 1.29 is 74.2 Å². The van der Waals surface area contributed by atoms with E-state index in [1.807, 2.05) is 88.0 Å². The van der Waals surface area contributed by atoms with Crippen LogP contribution in [0.1, 0.15) is 16.8 Å². The van der Waals surface area contributed by atoms with E-state index in [1.54, 1.807) is 12.1 Å². The van der Waals surface area contributed by atoms with Gasteiger partial charge in [-0.05, 0) is 0 Å². The monoisotopic (exact) mass is 868 g/mol. The van der Waals surface area contributed by atoms with Crippen LogP contribution in [0, 0.1) is 10.1 Å². The third kappa shape index (κ3) is 14.6. The van der Waals surface area contributed by atoms with Gasteiger partial charge in [-0.2, -0.15) is 0 Å². The predicted octanol–water partition coefficient (Wildman–Crippen LogP) is 0.782. The second-order valence-electron chi connectivity index (χ2n) is 11.4. The average Bonchev–Trinajstić information content (AvgIpc) is 3.34. The van der Waals surface area contributed by atoms with E-state index < -0.39 is 18.2 Å². The van der Waals surface area contributed by atoms with Crippen LogP contribution < -0.4 is 37.7 Å². The van der Waals surface area contributed by atoms with Crippen molar-refractivity contribution in [3.05, 3.63) is 118 Å². The van der Waals surface area contributed by atoms with Gasteiger partial charge in [0, 0.05) is 0 Å². The standard InChI is InChI=1S/C32H38N4O6Se.BF4.HI/c1-36(2,3)30(31(37)40-4)19-28-20-33(23-41-21-25-11-7-5-8-12-25)32(43-29-17-15-27(16-18-29)35(38)39)34(28)24-42-22-26-13-9-6-10-14-26;2-1(3,4)5;/h5-18,20,30H,19,21-24H2,1-4H3;;1H/q+2;-1;/p-1. The van der Waals surface area contributed by atoms with Gasteiger partial charge in [-0.1, -0.05) is 0 Å². The summed E-state index contributed by atoms with van der Waals surface area (Å²) >= 11 is -0.267. The van der Waals surface area contributed by atoms with E-state index in [0.29, 0.717) is 24.1 Å². The number of nitro groups is 1. The van der Waals surface area contributed by atoms with Crippen molar-refractivity contribution in [2.24, 2.45) is 0 Å². The van der Waals surface area contributed by atoms with Gasteiger partial charge >= 0.3 is 266 Å². The Balaban J connectivity index is 0.00000129. The van der Waals surface area contributed by atoms with Crippen molar-refractivity contribution >= 4 is 43.1 Å². The summed E-state index contributed by atoms with van der Waals surface area (Å²) in [6, 6.07) is 26.1. The van der Waals surface area contributed by atoms with Crippen molar-refractivity contribution in [1.29, 1.82) is 0 Å². The van der Waals surface area contributed by atoms with E-state index in [0.717, 1.165) is 26.0 Å². The molecule has 1 heterocycles. The Bertz CT molecular complexity index is 1610. The SMILES string of the molecule is COC(=O)C(Cc1c[n+](COCc2ccccc2)c([Se]c2ccc([N+](=O)[O-])cc2)n1COCc1ccccc1)[N+](C)(C)C.F[B-](F)(F)F.[I-]. The number of esters is 1. The molecule has 0 bridgehead atoms. The summed E-state index contributed by atoms with van der Waals surface area (Å²) in [5, 5.41) is 11.2. The molecule has 266 valence electrons. The molecule has 0 spiro atoms. The molecule has 0 radical (unpaired) electrons. The Labute approximate surface area is 306 Å². The number of quaternary nitrogens is 1. The minimum absolute atomic E-state index is 0. The van der Waals surface area contributed by atoms with E-state index in [-0.39, 0.29) is 64.1 Å². The molecule has 4 rings (SSSR count). The van der Waals surface area contributed by atoms with Crippen molar-refractivity contribution in [3.63, 3.8) is 0 Å². The second kappa shape index (κ2) is 19.7. The van der Waals surface area contributed by atoms with E-state index in [1.165, 1.54) is 19.2 Å². The van der Waals surface area contributed by atoms with Gasteiger partial charge in [0.15, 0.2) is 0 Å². The minimum Gasteiger partial charge on any atom is -1.00 e. The van der Waals surface area contributed by atoms with Gasteiger partial charge in [-0.3, -0.25) is 0 Å². The first-order valence-corrected chi connectivity index (χ1v) is 16.4. The predicted molar refractivity (Wildman–Crippen MR) is 173 cm³/mol. The van der Waals surface area contributed by atoms with Crippen LogP contribution in [0.3, 0.4) is 0 Å². The number of carbonyl (C=O) groups is 1. The average molecular weight is 867 g/mol. The summed E-state index contributed by atoms with van der Waals surface area (Å²) in [5.41, 5.74) is 3.06. The number of halogens is 5. The first-order valence-electron chi connectivity index (χ1n) is 14.7. The number of hydrogen-bond acceptors (Lipinski definition) is 6. The van der Waals surface area contributed by atoms with E-state index >= 15 is 0 Å². The van der Waals surface area contributed by atoms with Gasteiger partial charge in [-0.25, -0.2) is 0 Å². The molecule has 17 heteroatoms. The number of benzene rings is 3. The van der Waals surface area contributed by atoms with Gasteiger partial charge in [-0.15, -0.1) is 0 Å². The van der Waals surface area contributed by atoms with Crippen LogP contribution in [0.4, 0.5) is 23.0 Å². The molecule has 49 heavy (non-hydrogen) atoms. The normalized spacial score (nSPS) is 11.9. The Morgan fingerprint density at radius 1 is 0.918 bits per heavy atom. The van der Waals surface area contributed by atoms with E-state index in [4.69, 9.17) is 14.2 Å². The third-order valence-corrected chi connectivity index (χ3v) is 9.27. The van der Waals surface area contributed by atoms with Gasteiger partial charge in [0.25, 0.3) is 0 Å². The molecule has 1 atom stereocenters. The molecule has 0 N–H and O–H groups in total. The molecular weight excluding hydrogens is 829 g/mol. The molecule has 0 aliphatic heterocycles. The summed E-state index contributed by atoms with van der Waals surface area (Å²) in [4.78, 5) is 23.8. The van der Waals surface area contributed by atoms with Crippen LogP contribution in [0.2, 0.25) is 0 Å². The number of imidazole rings is 1. The Morgan fingerprint density at radius 3 is 1.90 bits per heavy atom. The number of nitro benzene ring substituents is 1. The fourth-order valence-electron chi connectivity index (χ4n) is 4.50. The van der Waals surface area contributed by atoms with Gasteiger partial charge in [0.05, 0.1) is 0 Å². The topological polar surface area (TPSA) is 96.7 Å². The van der Waals surface area contributed by atoms with Crippen LogP contribution in [0.25, 0.3) is 0 Å². The number of carbonyl (C=O) groups excluding carboxylic acids is 1. The first kappa shape index (κ1) is 41.8. The molecule has 0 aliphatic carbocycles. The molecular formula is C32H38BF4IN4O6Se. The molecule has 1 unspecified atom stereocenters. The second-order valence-corrected chi connectivity index (χ2v) is 13.6. The molecule has 0 amide bonds. The van der Waals surface area contributed by atoms with Crippen molar-refractivity contribution in [1.82, 2.24) is 4.57 Å². The Hall–Kier alpha value is -3.35. The van der Waals surface area contributed by atoms with E-state index in [9.17, 15) is 32.2 Å². The number of non-ortho nitro benzene ring substituents is 1. The summed E-state index contributed by atoms with van der Waals surface area (Å²) in [6.45, 7) is 1.39. The summed E-state index contributed by atoms with van der Waals surface area (Å²) in [5.74, 6) is -0.292. The zero-order valence-corrected chi connectivity index (χ0v) is 31.3. The van der Waals surface area contributed by atoms with Crippen LogP contribution in [-0.2, 0) is 52.1 Å². The smallest absolute Gasteiger partial charge is 0.673 e. The van der Waals surface area contributed by atoms with Crippen LogP contribution in [0.5, 0.6) is 0 Å². The number of hydrogen-bond donors (Lipinski definition) is 0. The largest absolute Gasteiger partial charge is 1.00 e. The molecule has 3 aromatic carbocycles. The van der Waals surface area contributed by atoms with Gasteiger partial charge < -0.3 is 41.2 Å². The molecule has 0 saturated carbocycles. The fraction of sp³-hybridized carbons (Fsp3) is 0.312. The van der Waals surface area contributed by atoms with Crippen LogP contribution in [-0.4, -0.2) is 76.4 Å². The van der Waals surface area contributed by atoms with Crippen molar-refractivity contribution in [3.8, 4) is 0 Å². The zero-order valence-electron chi connectivity index (χ0n) is 27.4. The number of aromatic nitrogens is 2. The fourth-order valence-corrected chi connectivity index (χ4v) is 6.57. The van der Waals surface area contributed by atoms with Gasteiger partial charge in [0.1, 0.15) is 0 Å². The number of ether oxygens (including phenoxy) is 3. The maximum Gasteiger partial charge on any atom is 0.673 e. The quantitative estimate of drug-likeness (QED) is 0.0257. The number of nitrogens with zero attached hydrogens (tertiary/aromatic N) is 4. The summed E-state index contributed by atoms with van der Waals surface area (Å²) < 4.78 is 63.0. The zero-order chi connectivity index (χ0) is 35.3. The van der Waals surface area contributed by atoms with Crippen molar-refractivity contribution in [2.75, 3.05) is 28.3 Å². The molecule has 0 fully saturated rings. The molecule has 4 aromatic rings. The molecule has 10 nitrogen and oxygen atoms in total. The summed E-state index contributed by atoms with van der Waals surface area (Å²) in [7, 11) is 1.33. The maximum atomic E-state index is 12.9. The van der Waals surface area contributed by atoms with Crippen LogP contribution in [0.15, 0.2) is 91.1 Å². The first-order chi connectivity index (χ1) is 22.7. The maximum absolute atomic E-state index is 12.9. The number of methoxy groups -OCH3 is 1. The van der Waals surface area contributed by atoms with Crippen molar-refractivity contribution in [2.45, 2.75) is 39.1 Å². The molecule has 1 aromatic heterocycles. The summed E-state index contributed by atoms with van der Waals surface area (Å²) in [6.07, 6.45) is 2.44.